The van der Waals surface area contributed by atoms with E-state index in [1.807, 2.05) is 0 Å². The standard InChI is InChI=1S/C19H15Cl3N2O2/c20-15-2-1-3-16(21)13(15)8-9-18(25)23-12-6-7-14(17(22)10-12)19(26)24-11-4-5-11/h1-3,6-11H,4-5H2,(H,23,25)(H,24,26)/b9-8+. The smallest absolute Gasteiger partial charge is 0.253 e. The average Bonchev–Trinajstić information content (AvgIpc) is 3.38. The zero-order chi connectivity index (χ0) is 18.7. The summed E-state index contributed by atoms with van der Waals surface area (Å²) >= 11 is 18.3. The molecule has 0 bridgehead atoms. The van der Waals surface area contributed by atoms with Gasteiger partial charge in [-0.05, 0) is 49.2 Å². The van der Waals surface area contributed by atoms with Gasteiger partial charge < -0.3 is 10.6 Å². The highest BCUT2D eigenvalue weighted by Gasteiger charge is 2.24. The van der Waals surface area contributed by atoms with Crippen molar-refractivity contribution in [3.8, 4) is 0 Å². The van der Waals surface area contributed by atoms with Crippen LogP contribution in [0.1, 0.15) is 28.8 Å². The first-order chi connectivity index (χ1) is 12.4. The molecule has 0 aliphatic heterocycles. The van der Waals surface area contributed by atoms with Crippen LogP contribution in [0.5, 0.6) is 0 Å². The Balaban J connectivity index is 1.66. The zero-order valence-corrected chi connectivity index (χ0v) is 15.8. The van der Waals surface area contributed by atoms with E-state index in [1.165, 1.54) is 12.1 Å². The lowest BCUT2D eigenvalue weighted by atomic mass is 10.2. The first kappa shape index (κ1) is 18.8. The molecule has 3 rings (SSSR count). The molecule has 1 aliphatic rings. The van der Waals surface area contributed by atoms with Gasteiger partial charge in [0.15, 0.2) is 0 Å². The second-order valence-corrected chi connectivity index (χ2v) is 7.12. The maximum absolute atomic E-state index is 12.1. The molecule has 0 aromatic heterocycles. The fourth-order valence-electron chi connectivity index (χ4n) is 2.28. The van der Waals surface area contributed by atoms with Crippen molar-refractivity contribution in [3.05, 3.63) is 68.7 Å². The maximum Gasteiger partial charge on any atom is 0.253 e. The molecule has 134 valence electrons. The van der Waals surface area contributed by atoms with Crippen LogP contribution >= 0.6 is 34.8 Å². The first-order valence-electron chi connectivity index (χ1n) is 7.97. The number of hydrogen-bond acceptors (Lipinski definition) is 2. The highest BCUT2D eigenvalue weighted by molar-refractivity contribution is 6.37. The van der Waals surface area contributed by atoms with Gasteiger partial charge in [0.1, 0.15) is 0 Å². The van der Waals surface area contributed by atoms with Crippen molar-refractivity contribution in [2.45, 2.75) is 18.9 Å². The quantitative estimate of drug-likeness (QED) is 0.668. The molecule has 1 fully saturated rings. The number of hydrogen-bond donors (Lipinski definition) is 2. The number of nitrogens with one attached hydrogen (secondary N) is 2. The summed E-state index contributed by atoms with van der Waals surface area (Å²) in [6.07, 6.45) is 4.87. The van der Waals surface area contributed by atoms with Crippen molar-refractivity contribution in [2.75, 3.05) is 5.32 Å². The summed E-state index contributed by atoms with van der Waals surface area (Å²) in [7, 11) is 0. The maximum atomic E-state index is 12.1. The molecular formula is C19H15Cl3N2O2. The Labute approximate surface area is 166 Å². The fraction of sp³-hybridized carbons (Fsp3) is 0.158. The van der Waals surface area contributed by atoms with Gasteiger partial charge in [-0.1, -0.05) is 40.9 Å². The molecular weight excluding hydrogens is 395 g/mol. The van der Waals surface area contributed by atoms with Crippen molar-refractivity contribution in [1.29, 1.82) is 0 Å². The molecule has 2 aromatic rings. The molecule has 2 amide bonds. The number of carbonyl (C=O) groups is 2. The Morgan fingerprint density at radius 1 is 1.00 bits per heavy atom. The van der Waals surface area contributed by atoms with Crippen molar-refractivity contribution in [2.24, 2.45) is 0 Å². The number of amides is 2. The van der Waals surface area contributed by atoms with Gasteiger partial charge in [0.25, 0.3) is 5.91 Å². The molecule has 1 saturated carbocycles. The van der Waals surface area contributed by atoms with Gasteiger partial charge in [-0.25, -0.2) is 0 Å². The molecule has 0 atom stereocenters. The van der Waals surface area contributed by atoms with Crippen LogP contribution in [-0.4, -0.2) is 17.9 Å². The van der Waals surface area contributed by atoms with Gasteiger partial charge in [-0.3, -0.25) is 9.59 Å². The summed E-state index contributed by atoms with van der Waals surface area (Å²) in [5.74, 6) is -0.573. The van der Waals surface area contributed by atoms with E-state index in [4.69, 9.17) is 34.8 Å². The fourth-order valence-corrected chi connectivity index (χ4v) is 3.07. The summed E-state index contributed by atoms with van der Waals surface area (Å²) in [5.41, 5.74) is 1.43. The SMILES string of the molecule is O=C(/C=C/c1c(Cl)cccc1Cl)Nc1ccc(C(=O)NC2CC2)c(Cl)c1. The summed E-state index contributed by atoms with van der Waals surface area (Å²) in [5, 5.41) is 6.74. The molecule has 0 heterocycles. The minimum Gasteiger partial charge on any atom is -0.349 e. The number of anilines is 1. The van der Waals surface area contributed by atoms with Gasteiger partial charge in [0.2, 0.25) is 5.91 Å². The van der Waals surface area contributed by atoms with E-state index in [9.17, 15) is 9.59 Å². The minimum absolute atomic E-state index is 0.205. The van der Waals surface area contributed by atoms with E-state index >= 15 is 0 Å². The molecule has 2 aromatic carbocycles. The molecule has 0 unspecified atom stereocenters. The number of halogens is 3. The van der Waals surface area contributed by atoms with Crippen LogP contribution in [0.3, 0.4) is 0 Å². The largest absolute Gasteiger partial charge is 0.349 e. The highest BCUT2D eigenvalue weighted by Crippen LogP contribution is 2.26. The Morgan fingerprint density at radius 2 is 1.69 bits per heavy atom. The average molecular weight is 410 g/mol. The molecule has 26 heavy (non-hydrogen) atoms. The predicted molar refractivity (Wildman–Crippen MR) is 106 cm³/mol. The van der Waals surface area contributed by atoms with Crippen molar-refractivity contribution in [1.82, 2.24) is 5.32 Å². The van der Waals surface area contributed by atoms with Crippen LogP contribution in [0, 0.1) is 0 Å². The molecule has 2 N–H and O–H groups in total. The highest BCUT2D eigenvalue weighted by atomic mass is 35.5. The molecule has 7 heteroatoms. The van der Waals surface area contributed by atoms with Gasteiger partial charge in [0, 0.05) is 33.4 Å². The van der Waals surface area contributed by atoms with Gasteiger partial charge in [-0.15, -0.1) is 0 Å². The summed E-state index contributed by atoms with van der Waals surface area (Å²) < 4.78 is 0. The van der Waals surface area contributed by atoms with Gasteiger partial charge >= 0.3 is 0 Å². The van der Waals surface area contributed by atoms with Crippen LogP contribution in [-0.2, 0) is 4.79 Å². The second kappa shape index (κ2) is 8.12. The Bertz CT molecular complexity index is 872. The van der Waals surface area contributed by atoms with Crippen molar-refractivity contribution in [3.63, 3.8) is 0 Å². The van der Waals surface area contributed by atoms with Crippen LogP contribution in [0.2, 0.25) is 15.1 Å². The lowest BCUT2D eigenvalue weighted by Crippen LogP contribution is -2.25. The summed E-state index contributed by atoms with van der Waals surface area (Å²) in [4.78, 5) is 24.1. The van der Waals surface area contributed by atoms with E-state index in [2.05, 4.69) is 10.6 Å². The lowest BCUT2D eigenvalue weighted by Gasteiger charge is -2.08. The first-order valence-corrected chi connectivity index (χ1v) is 9.11. The number of benzene rings is 2. The third kappa shape index (κ3) is 4.79. The third-order valence-electron chi connectivity index (χ3n) is 3.79. The van der Waals surface area contributed by atoms with Gasteiger partial charge in [-0.2, -0.15) is 0 Å². The monoisotopic (exact) mass is 408 g/mol. The Hall–Kier alpha value is -2.01. The molecule has 0 spiro atoms. The zero-order valence-electron chi connectivity index (χ0n) is 13.6. The van der Waals surface area contributed by atoms with Crippen LogP contribution < -0.4 is 10.6 Å². The predicted octanol–water partition coefficient (Wildman–Crippen LogP) is 5.19. The molecule has 1 aliphatic carbocycles. The Morgan fingerprint density at radius 3 is 2.31 bits per heavy atom. The topological polar surface area (TPSA) is 58.2 Å². The van der Waals surface area contributed by atoms with Crippen molar-refractivity contribution >= 4 is 58.4 Å². The molecule has 0 radical (unpaired) electrons. The van der Waals surface area contributed by atoms with E-state index < -0.39 is 0 Å². The van der Waals surface area contributed by atoms with E-state index in [0.29, 0.717) is 26.9 Å². The number of rotatable bonds is 5. The van der Waals surface area contributed by atoms with Crippen LogP contribution in [0.4, 0.5) is 5.69 Å². The minimum atomic E-state index is -0.368. The van der Waals surface area contributed by atoms with E-state index in [-0.39, 0.29) is 22.9 Å². The molecule has 4 nitrogen and oxygen atoms in total. The van der Waals surface area contributed by atoms with Crippen LogP contribution in [0.25, 0.3) is 6.08 Å². The molecule has 0 saturated heterocycles. The lowest BCUT2D eigenvalue weighted by molar-refractivity contribution is -0.111. The van der Waals surface area contributed by atoms with E-state index in [0.717, 1.165) is 12.8 Å². The van der Waals surface area contributed by atoms with E-state index in [1.54, 1.807) is 36.4 Å². The second-order valence-electron chi connectivity index (χ2n) is 5.90. The Kier molecular flexibility index (Phi) is 5.87. The third-order valence-corrected chi connectivity index (χ3v) is 4.77. The van der Waals surface area contributed by atoms with Crippen LogP contribution in [0.15, 0.2) is 42.5 Å². The summed E-state index contributed by atoms with van der Waals surface area (Å²) in [6.45, 7) is 0. The summed E-state index contributed by atoms with van der Waals surface area (Å²) in [6, 6.07) is 10.1. The normalized spacial score (nSPS) is 13.7. The van der Waals surface area contributed by atoms with Gasteiger partial charge in [0.05, 0.1) is 10.6 Å². The van der Waals surface area contributed by atoms with Crippen molar-refractivity contribution < 1.29 is 9.59 Å². The number of carbonyl (C=O) groups excluding carboxylic acids is 2.